The SMILES string of the molecule is I.NCc1ccc(-c2ccc(CN)s2)s1. The van der Waals surface area contributed by atoms with E-state index in [0.29, 0.717) is 13.1 Å². The van der Waals surface area contributed by atoms with Gasteiger partial charge in [0.05, 0.1) is 0 Å². The number of rotatable bonds is 3. The zero-order valence-corrected chi connectivity index (χ0v) is 12.1. The van der Waals surface area contributed by atoms with E-state index in [1.54, 1.807) is 22.7 Å². The molecule has 0 unspecified atom stereocenters. The van der Waals surface area contributed by atoms with Crippen LogP contribution in [0.5, 0.6) is 0 Å². The highest BCUT2D eigenvalue weighted by molar-refractivity contribution is 14.0. The maximum absolute atomic E-state index is 5.57. The van der Waals surface area contributed by atoms with Crippen LogP contribution >= 0.6 is 46.7 Å². The minimum absolute atomic E-state index is 0. The second-order valence-electron chi connectivity index (χ2n) is 2.94. The molecule has 82 valence electrons. The summed E-state index contributed by atoms with van der Waals surface area (Å²) in [5.41, 5.74) is 11.1. The zero-order chi connectivity index (χ0) is 9.97. The Morgan fingerprint density at radius 1 is 0.800 bits per heavy atom. The second kappa shape index (κ2) is 5.95. The molecule has 0 amide bonds. The normalized spacial score (nSPS) is 10.0. The van der Waals surface area contributed by atoms with Crippen LogP contribution in [0.4, 0.5) is 0 Å². The molecule has 0 spiro atoms. The summed E-state index contributed by atoms with van der Waals surface area (Å²) in [7, 11) is 0. The van der Waals surface area contributed by atoms with Gasteiger partial charge < -0.3 is 11.5 Å². The van der Waals surface area contributed by atoms with Gasteiger partial charge in [-0.1, -0.05) is 0 Å². The Balaban J connectivity index is 0.00000112. The lowest BCUT2D eigenvalue weighted by Gasteiger charge is -1.89. The summed E-state index contributed by atoms with van der Waals surface area (Å²) in [6.07, 6.45) is 0. The van der Waals surface area contributed by atoms with Crippen molar-refractivity contribution in [2.45, 2.75) is 13.1 Å². The van der Waals surface area contributed by atoms with Crippen molar-refractivity contribution >= 4 is 46.7 Å². The first kappa shape index (κ1) is 13.1. The molecular formula is C10H13IN2S2. The first-order valence-electron chi connectivity index (χ1n) is 4.41. The van der Waals surface area contributed by atoms with Gasteiger partial charge in [0.15, 0.2) is 0 Å². The average molecular weight is 352 g/mol. The van der Waals surface area contributed by atoms with E-state index in [1.807, 2.05) is 0 Å². The van der Waals surface area contributed by atoms with Crippen LogP contribution in [-0.2, 0) is 13.1 Å². The monoisotopic (exact) mass is 352 g/mol. The lowest BCUT2D eigenvalue weighted by Crippen LogP contribution is -1.91. The average Bonchev–Trinajstić information content (AvgIpc) is 2.86. The molecule has 2 heterocycles. The van der Waals surface area contributed by atoms with Gasteiger partial charge in [0.1, 0.15) is 0 Å². The summed E-state index contributed by atoms with van der Waals surface area (Å²) < 4.78 is 0. The molecular weight excluding hydrogens is 339 g/mol. The fourth-order valence-electron chi connectivity index (χ4n) is 1.24. The summed E-state index contributed by atoms with van der Waals surface area (Å²) in [5.74, 6) is 0. The zero-order valence-electron chi connectivity index (χ0n) is 8.10. The van der Waals surface area contributed by atoms with E-state index in [0.717, 1.165) is 0 Å². The first-order chi connectivity index (χ1) is 6.83. The van der Waals surface area contributed by atoms with Crippen LogP contribution in [0.3, 0.4) is 0 Å². The van der Waals surface area contributed by atoms with Crippen molar-refractivity contribution < 1.29 is 0 Å². The van der Waals surface area contributed by atoms with E-state index in [4.69, 9.17) is 11.5 Å². The van der Waals surface area contributed by atoms with Crippen LogP contribution in [0.25, 0.3) is 9.75 Å². The van der Waals surface area contributed by atoms with E-state index >= 15 is 0 Å². The van der Waals surface area contributed by atoms with Crippen LogP contribution in [0.1, 0.15) is 9.75 Å². The highest BCUT2D eigenvalue weighted by Crippen LogP contribution is 2.33. The minimum Gasteiger partial charge on any atom is -0.326 e. The molecule has 2 nitrogen and oxygen atoms in total. The summed E-state index contributed by atoms with van der Waals surface area (Å²) in [6.45, 7) is 1.25. The molecule has 4 N–H and O–H groups in total. The van der Waals surface area contributed by atoms with E-state index in [9.17, 15) is 0 Å². The van der Waals surface area contributed by atoms with Crippen LogP contribution in [0.15, 0.2) is 24.3 Å². The van der Waals surface area contributed by atoms with Gasteiger partial charge in [-0.3, -0.25) is 0 Å². The highest BCUT2D eigenvalue weighted by Gasteiger charge is 2.04. The quantitative estimate of drug-likeness (QED) is 0.835. The predicted octanol–water partition coefficient (Wildman–Crippen LogP) is 3.01. The Labute approximate surface area is 114 Å². The fraction of sp³-hybridized carbons (Fsp3) is 0.200. The molecule has 2 aromatic rings. The van der Waals surface area contributed by atoms with Gasteiger partial charge in [-0.25, -0.2) is 0 Å². The van der Waals surface area contributed by atoms with E-state index in [2.05, 4.69) is 24.3 Å². The van der Waals surface area contributed by atoms with Crippen LogP contribution in [0, 0.1) is 0 Å². The standard InChI is InChI=1S/C10H12N2S2.HI/c11-5-7-1-3-9(13-7)10-4-2-8(6-12)14-10;/h1-4H,5-6,11-12H2;1H. The molecule has 0 aliphatic carbocycles. The molecule has 0 saturated carbocycles. The Kier molecular flexibility index (Phi) is 5.20. The van der Waals surface area contributed by atoms with Crippen molar-refractivity contribution in [3.63, 3.8) is 0 Å². The van der Waals surface area contributed by atoms with Crippen molar-refractivity contribution in [3.05, 3.63) is 34.0 Å². The van der Waals surface area contributed by atoms with Crippen molar-refractivity contribution in [2.24, 2.45) is 11.5 Å². The largest absolute Gasteiger partial charge is 0.326 e. The molecule has 0 radical (unpaired) electrons. The van der Waals surface area contributed by atoms with Gasteiger partial charge in [-0.2, -0.15) is 0 Å². The molecule has 5 heteroatoms. The number of nitrogens with two attached hydrogens (primary N) is 2. The second-order valence-corrected chi connectivity index (χ2v) is 5.28. The summed E-state index contributed by atoms with van der Waals surface area (Å²) in [5, 5.41) is 0. The van der Waals surface area contributed by atoms with Crippen molar-refractivity contribution in [1.29, 1.82) is 0 Å². The number of hydrogen-bond acceptors (Lipinski definition) is 4. The lowest BCUT2D eigenvalue weighted by molar-refractivity contribution is 1.11. The minimum atomic E-state index is 0. The maximum Gasteiger partial charge on any atom is 0.0446 e. The fourth-order valence-corrected chi connectivity index (χ4v) is 3.10. The molecule has 0 fully saturated rings. The molecule has 0 aromatic carbocycles. The third kappa shape index (κ3) is 3.01. The third-order valence-electron chi connectivity index (χ3n) is 1.97. The first-order valence-corrected chi connectivity index (χ1v) is 6.04. The van der Waals surface area contributed by atoms with Crippen molar-refractivity contribution in [3.8, 4) is 9.75 Å². The lowest BCUT2D eigenvalue weighted by atomic mass is 10.3. The van der Waals surface area contributed by atoms with Gasteiger partial charge in [-0.05, 0) is 24.3 Å². The number of thiophene rings is 2. The van der Waals surface area contributed by atoms with Crippen LogP contribution in [-0.4, -0.2) is 0 Å². The Hall–Kier alpha value is 0.0500. The number of hydrogen-bond donors (Lipinski definition) is 2. The topological polar surface area (TPSA) is 52.0 Å². The molecule has 0 bridgehead atoms. The maximum atomic E-state index is 5.57. The van der Waals surface area contributed by atoms with Crippen LogP contribution < -0.4 is 11.5 Å². The third-order valence-corrected chi connectivity index (χ3v) is 4.38. The van der Waals surface area contributed by atoms with Gasteiger partial charge in [-0.15, -0.1) is 46.7 Å². The van der Waals surface area contributed by atoms with Gasteiger partial charge in [0.2, 0.25) is 0 Å². The van der Waals surface area contributed by atoms with E-state index in [1.165, 1.54) is 19.5 Å². The summed E-state index contributed by atoms with van der Waals surface area (Å²) >= 11 is 3.51. The molecule has 2 rings (SSSR count). The Bertz CT molecular complexity index is 382. The molecule has 0 saturated heterocycles. The highest BCUT2D eigenvalue weighted by atomic mass is 127. The molecule has 0 atom stereocenters. The Morgan fingerprint density at radius 2 is 1.20 bits per heavy atom. The Morgan fingerprint density at radius 3 is 1.47 bits per heavy atom. The van der Waals surface area contributed by atoms with Crippen molar-refractivity contribution in [2.75, 3.05) is 0 Å². The van der Waals surface area contributed by atoms with Gasteiger partial charge in [0.25, 0.3) is 0 Å². The molecule has 15 heavy (non-hydrogen) atoms. The van der Waals surface area contributed by atoms with Gasteiger partial charge >= 0.3 is 0 Å². The molecule has 0 aliphatic rings. The summed E-state index contributed by atoms with van der Waals surface area (Å²) in [6, 6.07) is 8.42. The predicted molar refractivity (Wildman–Crippen MR) is 78.8 cm³/mol. The van der Waals surface area contributed by atoms with E-state index in [-0.39, 0.29) is 24.0 Å². The van der Waals surface area contributed by atoms with Crippen LogP contribution in [0.2, 0.25) is 0 Å². The smallest absolute Gasteiger partial charge is 0.0446 e. The van der Waals surface area contributed by atoms with Gasteiger partial charge in [0, 0.05) is 32.6 Å². The molecule has 0 aliphatic heterocycles. The van der Waals surface area contributed by atoms with E-state index < -0.39 is 0 Å². The summed E-state index contributed by atoms with van der Waals surface area (Å²) in [4.78, 5) is 5.02. The van der Waals surface area contributed by atoms with Crippen molar-refractivity contribution in [1.82, 2.24) is 0 Å². The number of halogens is 1. The molecule has 2 aromatic heterocycles.